The maximum Gasteiger partial charge on any atom is 0.339 e. The normalized spacial score (nSPS) is 10.8. The number of pyridine rings is 1. The Morgan fingerprint density at radius 2 is 1.78 bits per heavy atom. The summed E-state index contributed by atoms with van der Waals surface area (Å²) in [5, 5.41) is 5.47. The minimum Gasteiger partial charge on any atom is -0.493 e. The number of hydrogen-bond acceptors (Lipinski definition) is 9. The van der Waals surface area contributed by atoms with E-state index in [9.17, 15) is 9.59 Å². The van der Waals surface area contributed by atoms with Gasteiger partial charge in [0.25, 0.3) is 5.91 Å². The fourth-order valence-electron chi connectivity index (χ4n) is 3.72. The van der Waals surface area contributed by atoms with Gasteiger partial charge in [-0.1, -0.05) is 18.2 Å². The van der Waals surface area contributed by atoms with Crippen molar-refractivity contribution in [1.82, 2.24) is 9.97 Å². The molecule has 1 N–H and O–H groups in total. The van der Waals surface area contributed by atoms with E-state index in [-0.39, 0.29) is 5.56 Å². The third-order valence-corrected chi connectivity index (χ3v) is 6.23. The number of carbonyl (C=O) groups is 2. The number of aromatic nitrogens is 2. The van der Waals surface area contributed by atoms with Gasteiger partial charge in [0.1, 0.15) is 5.69 Å². The number of nitrogens with one attached hydrogen (secondary N) is 1. The van der Waals surface area contributed by atoms with Crippen LogP contribution >= 0.6 is 11.3 Å². The number of nitrogens with zero attached hydrogens (tertiary/aromatic N) is 2. The van der Waals surface area contributed by atoms with Crippen molar-refractivity contribution in [1.29, 1.82) is 0 Å². The molecule has 3 heterocycles. The van der Waals surface area contributed by atoms with Crippen LogP contribution in [-0.4, -0.2) is 42.7 Å². The lowest BCUT2D eigenvalue weighted by Gasteiger charge is -2.09. The minimum atomic E-state index is -0.647. The molecule has 0 aliphatic rings. The highest BCUT2D eigenvalue weighted by atomic mass is 32.1. The van der Waals surface area contributed by atoms with Crippen LogP contribution in [0.25, 0.3) is 33.6 Å². The van der Waals surface area contributed by atoms with E-state index < -0.39 is 18.5 Å². The van der Waals surface area contributed by atoms with Gasteiger partial charge in [-0.2, -0.15) is 0 Å². The highest BCUT2D eigenvalue weighted by Crippen LogP contribution is 2.33. The molecule has 5 rings (SSSR count). The summed E-state index contributed by atoms with van der Waals surface area (Å²) in [6, 6.07) is 17.7. The molecule has 1 amide bonds. The van der Waals surface area contributed by atoms with Gasteiger partial charge in [-0.3, -0.25) is 10.1 Å². The Morgan fingerprint density at radius 3 is 2.57 bits per heavy atom. The van der Waals surface area contributed by atoms with Gasteiger partial charge in [0.15, 0.2) is 29.0 Å². The third kappa shape index (κ3) is 5.14. The standard InChI is InChI=1S/C27H21N3O6S/c1-33-23-10-9-16(12-24(23)34-2)21-15-37-27(29-21)30-25(31)14-36-26(32)18-13-20(22-8-5-11-35-22)28-19-7-4-3-6-17(18)19/h3-13,15H,14H2,1-2H3,(H,29,30,31). The molecule has 0 aliphatic carbocycles. The number of fused-ring (bicyclic) bond motifs is 1. The molecule has 0 unspecified atom stereocenters. The van der Waals surface area contributed by atoms with Crippen LogP contribution in [0.15, 0.2) is 76.7 Å². The number of anilines is 1. The van der Waals surface area contributed by atoms with Gasteiger partial charge < -0.3 is 18.6 Å². The fraction of sp³-hybridized carbons (Fsp3) is 0.111. The Hall–Kier alpha value is -4.70. The number of amides is 1. The first-order valence-corrected chi connectivity index (χ1v) is 12.0. The maximum absolute atomic E-state index is 12.9. The SMILES string of the molecule is COc1ccc(-c2csc(NC(=O)COC(=O)c3cc(-c4ccco4)nc4ccccc34)n2)cc1OC. The lowest BCUT2D eigenvalue weighted by atomic mass is 10.1. The fourth-order valence-corrected chi connectivity index (χ4v) is 4.45. The second-order valence-corrected chi connectivity index (χ2v) is 8.64. The summed E-state index contributed by atoms with van der Waals surface area (Å²) in [4.78, 5) is 34.5. The molecule has 2 aromatic carbocycles. The maximum atomic E-state index is 12.9. The van der Waals surface area contributed by atoms with Gasteiger partial charge >= 0.3 is 5.97 Å². The summed E-state index contributed by atoms with van der Waals surface area (Å²) < 4.78 is 21.4. The van der Waals surface area contributed by atoms with E-state index in [0.717, 1.165) is 5.56 Å². The van der Waals surface area contributed by atoms with E-state index in [1.807, 2.05) is 17.5 Å². The van der Waals surface area contributed by atoms with Crippen LogP contribution in [0.4, 0.5) is 5.13 Å². The largest absolute Gasteiger partial charge is 0.493 e. The first-order chi connectivity index (χ1) is 18.1. The van der Waals surface area contributed by atoms with Gasteiger partial charge in [0.05, 0.1) is 37.3 Å². The van der Waals surface area contributed by atoms with Crippen molar-refractivity contribution in [2.45, 2.75) is 0 Å². The molecule has 186 valence electrons. The number of thiazole rings is 1. The summed E-state index contributed by atoms with van der Waals surface area (Å²) in [7, 11) is 3.12. The summed E-state index contributed by atoms with van der Waals surface area (Å²) in [6.45, 7) is -0.475. The van der Waals surface area contributed by atoms with E-state index in [1.54, 1.807) is 62.8 Å². The van der Waals surface area contributed by atoms with Crippen LogP contribution in [0.5, 0.6) is 11.5 Å². The van der Waals surface area contributed by atoms with Crippen LogP contribution in [-0.2, 0) is 9.53 Å². The number of carbonyl (C=O) groups excluding carboxylic acids is 2. The summed E-state index contributed by atoms with van der Waals surface area (Å²) in [5.74, 6) is 0.545. The van der Waals surface area contributed by atoms with Crippen molar-refractivity contribution in [3.63, 3.8) is 0 Å². The van der Waals surface area contributed by atoms with Crippen LogP contribution in [0.1, 0.15) is 10.4 Å². The quantitative estimate of drug-likeness (QED) is 0.272. The van der Waals surface area contributed by atoms with Gasteiger partial charge in [0, 0.05) is 16.3 Å². The predicted molar refractivity (Wildman–Crippen MR) is 139 cm³/mol. The van der Waals surface area contributed by atoms with E-state index in [0.29, 0.717) is 44.7 Å². The van der Waals surface area contributed by atoms with Crippen LogP contribution < -0.4 is 14.8 Å². The molecule has 37 heavy (non-hydrogen) atoms. The lowest BCUT2D eigenvalue weighted by Crippen LogP contribution is -2.21. The highest BCUT2D eigenvalue weighted by molar-refractivity contribution is 7.14. The van der Waals surface area contributed by atoms with E-state index in [4.69, 9.17) is 18.6 Å². The third-order valence-electron chi connectivity index (χ3n) is 5.47. The van der Waals surface area contributed by atoms with Crippen molar-refractivity contribution >= 4 is 39.2 Å². The molecular weight excluding hydrogens is 494 g/mol. The lowest BCUT2D eigenvalue weighted by molar-refractivity contribution is -0.119. The Bertz CT molecular complexity index is 1580. The Kier molecular flexibility index (Phi) is 6.82. The Labute approximate surface area is 215 Å². The molecule has 0 atom stereocenters. The van der Waals surface area contributed by atoms with E-state index in [2.05, 4.69) is 15.3 Å². The molecule has 0 spiro atoms. The number of methoxy groups -OCH3 is 2. The van der Waals surface area contributed by atoms with Crippen molar-refractivity contribution < 1.29 is 28.2 Å². The second kappa shape index (κ2) is 10.5. The number of benzene rings is 2. The molecule has 0 aliphatic heterocycles. The van der Waals surface area contributed by atoms with Gasteiger partial charge in [-0.25, -0.2) is 14.8 Å². The predicted octanol–water partition coefficient (Wildman–Crippen LogP) is 5.43. The Balaban J connectivity index is 1.27. The molecule has 0 saturated carbocycles. The molecule has 10 heteroatoms. The smallest absolute Gasteiger partial charge is 0.339 e. The molecule has 5 aromatic rings. The number of para-hydroxylation sites is 1. The average molecular weight is 516 g/mol. The molecule has 9 nitrogen and oxygen atoms in total. The first kappa shape index (κ1) is 24.0. The van der Waals surface area contributed by atoms with Gasteiger partial charge in [-0.15, -0.1) is 11.3 Å². The highest BCUT2D eigenvalue weighted by Gasteiger charge is 2.18. The van der Waals surface area contributed by atoms with Crippen LogP contribution in [0.2, 0.25) is 0 Å². The van der Waals surface area contributed by atoms with Crippen LogP contribution in [0.3, 0.4) is 0 Å². The number of ether oxygens (including phenoxy) is 3. The van der Waals surface area contributed by atoms with Gasteiger partial charge in [0.2, 0.25) is 0 Å². The monoisotopic (exact) mass is 515 g/mol. The zero-order valence-corrected chi connectivity index (χ0v) is 20.7. The molecule has 0 bridgehead atoms. The molecule has 3 aromatic heterocycles. The molecule has 0 saturated heterocycles. The second-order valence-electron chi connectivity index (χ2n) is 7.78. The number of hydrogen-bond donors (Lipinski definition) is 1. The van der Waals surface area contributed by atoms with Crippen LogP contribution in [0, 0.1) is 0 Å². The number of rotatable bonds is 8. The first-order valence-electron chi connectivity index (χ1n) is 11.1. The van der Waals surface area contributed by atoms with Crippen molar-refractivity contribution in [2.24, 2.45) is 0 Å². The van der Waals surface area contributed by atoms with Gasteiger partial charge in [-0.05, 0) is 42.5 Å². The summed E-state index contributed by atoms with van der Waals surface area (Å²) >= 11 is 1.25. The number of esters is 1. The molecular formula is C27H21N3O6S. The van der Waals surface area contributed by atoms with Crippen molar-refractivity contribution in [2.75, 3.05) is 26.1 Å². The minimum absolute atomic E-state index is 0.287. The number of furan rings is 1. The Morgan fingerprint density at radius 1 is 0.946 bits per heavy atom. The molecule has 0 radical (unpaired) electrons. The summed E-state index contributed by atoms with van der Waals surface area (Å²) in [6.07, 6.45) is 1.53. The van der Waals surface area contributed by atoms with E-state index >= 15 is 0 Å². The summed E-state index contributed by atoms with van der Waals surface area (Å²) in [5.41, 5.74) is 2.85. The van der Waals surface area contributed by atoms with Crippen molar-refractivity contribution in [3.05, 3.63) is 77.9 Å². The zero-order chi connectivity index (χ0) is 25.8. The van der Waals surface area contributed by atoms with Crippen molar-refractivity contribution in [3.8, 4) is 34.2 Å². The topological polar surface area (TPSA) is 113 Å². The molecule has 0 fully saturated rings. The van der Waals surface area contributed by atoms with E-state index in [1.165, 1.54) is 17.6 Å². The zero-order valence-electron chi connectivity index (χ0n) is 19.9. The average Bonchev–Trinajstić information content (AvgIpc) is 3.63.